The molecule has 0 bridgehead atoms. The van der Waals surface area contributed by atoms with E-state index in [0.29, 0.717) is 0 Å². The number of nitrogens with zero attached hydrogens (tertiary/aromatic N) is 2. The summed E-state index contributed by atoms with van der Waals surface area (Å²) in [5, 5.41) is 14.0. The Balaban J connectivity index is 1.81. The van der Waals surface area contributed by atoms with Crippen LogP contribution in [0.5, 0.6) is 0 Å². The van der Waals surface area contributed by atoms with Crippen molar-refractivity contribution in [2.45, 2.75) is 55.9 Å². The Morgan fingerprint density at radius 3 is 3.00 bits per heavy atom. The smallest absolute Gasteiger partial charge is 0.167 e. The number of aromatic amines is 1. The second kappa shape index (κ2) is 6.52. The number of hydrogen-bond donors (Lipinski definition) is 2. The van der Waals surface area contributed by atoms with E-state index in [2.05, 4.69) is 34.2 Å². The van der Waals surface area contributed by atoms with Crippen molar-refractivity contribution >= 4 is 28.5 Å². The van der Waals surface area contributed by atoms with Crippen LogP contribution >= 0.6 is 11.8 Å². The summed E-state index contributed by atoms with van der Waals surface area (Å²) >= 11 is 1.69. The van der Waals surface area contributed by atoms with Crippen molar-refractivity contribution in [3.8, 4) is 0 Å². The van der Waals surface area contributed by atoms with Crippen LogP contribution in [0, 0.1) is 6.92 Å². The van der Waals surface area contributed by atoms with E-state index in [4.69, 9.17) is 0 Å². The molecule has 4 nitrogen and oxygen atoms in total. The monoisotopic (exact) mass is 303 g/mol. The first-order chi connectivity index (χ1) is 10.3. The summed E-state index contributed by atoms with van der Waals surface area (Å²) in [5.41, 5.74) is 4.21. The number of imidazole rings is 1. The molecule has 1 fully saturated rings. The normalized spacial score (nSPS) is 22.3. The van der Waals surface area contributed by atoms with E-state index in [1.165, 1.54) is 24.8 Å². The first kappa shape index (κ1) is 14.4. The lowest BCUT2D eigenvalue weighted by atomic mass is 9.99. The van der Waals surface area contributed by atoms with Gasteiger partial charge >= 0.3 is 0 Å². The molecule has 0 aliphatic heterocycles. The highest BCUT2D eigenvalue weighted by molar-refractivity contribution is 8.00. The lowest BCUT2D eigenvalue weighted by Crippen LogP contribution is -2.19. The molecule has 0 saturated heterocycles. The van der Waals surface area contributed by atoms with Crippen molar-refractivity contribution in [2.75, 3.05) is 0 Å². The van der Waals surface area contributed by atoms with E-state index >= 15 is 0 Å². The summed E-state index contributed by atoms with van der Waals surface area (Å²) in [6.07, 6.45) is 6.77. The lowest BCUT2D eigenvalue weighted by molar-refractivity contribution is 0.315. The maximum Gasteiger partial charge on any atom is 0.167 e. The quantitative estimate of drug-likeness (QED) is 0.633. The minimum absolute atomic E-state index is 0.233. The summed E-state index contributed by atoms with van der Waals surface area (Å²) in [4.78, 5) is 8.02. The number of aryl methyl sites for hydroxylation is 1. The highest BCUT2D eigenvalue weighted by Gasteiger charge is 2.21. The minimum Gasteiger partial charge on any atom is -0.411 e. The van der Waals surface area contributed by atoms with Gasteiger partial charge in [-0.2, -0.15) is 0 Å². The molecule has 1 saturated carbocycles. The third-order valence-electron chi connectivity index (χ3n) is 4.02. The number of thioether (sulfide) groups is 1. The van der Waals surface area contributed by atoms with Gasteiger partial charge in [-0.25, -0.2) is 4.98 Å². The molecule has 21 heavy (non-hydrogen) atoms. The van der Waals surface area contributed by atoms with Crippen LogP contribution in [0.1, 0.15) is 44.1 Å². The van der Waals surface area contributed by atoms with Gasteiger partial charge < -0.3 is 10.2 Å². The summed E-state index contributed by atoms with van der Waals surface area (Å²) < 4.78 is 0. The van der Waals surface area contributed by atoms with Crippen molar-refractivity contribution in [3.05, 3.63) is 23.8 Å². The number of rotatable bonds is 2. The average molecular weight is 303 g/mol. The van der Waals surface area contributed by atoms with E-state index in [9.17, 15) is 5.21 Å². The van der Waals surface area contributed by atoms with Crippen molar-refractivity contribution in [1.29, 1.82) is 0 Å². The van der Waals surface area contributed by atoms with Crippen LogP contribution in [-0.4, -0.2) is 26.1 Å². The average Bonchev–Trinajstić information content (AvgIpc) is 2.84. The zero-order chi connectivity index (χ0) is 14.7. The van der Waals surface area contributed by atoms with Gasteiger partial charge in [0.15, 0.2) is 5.16 Å². The number of hydrogen-bond acceptors (Lipinski definition) is 4. The van der Waals surface area contributed by atoms with Crippen LogP contribution < -0.4 is 0 Å². The third-order valence-corrected chi connectivity index (χ3v) is 5.23. The molecule has 0 radical (unpaired) electrons. The van der Waals surface area contributed by atoms with E-state index < -0.39 is 0 Å². The van der Waals surface area contributed by atoms with Crippen LogP contribution in [0.25, 0.3) is 11.0 Å². The van der Waals surface area contributed by atoms with Crippen molar-refractivity contribution in [2.24, 2.45) is 5.16 Å². The Morgan fingerprint density at radius 1 is 1.29 bits per heavy atom. The van der Waals surface area contributed by atoms with E-state index in [1.54, 1.807) is 11.8 Å². The fourth-order valence-electron chi connectivity index (χ4n) is 2.85. The second-order valence-electron chi connectivity index (χ2n) is 5.71. The lowest BCUT2D eigenvalue weighted by Gasteiger charge is -2.19. The van der Waals surface area contributed by atoms with Gasteiger partial charge in [-0.1, -0.05) is 42.2 Å². The molecule has 2 aromatic rings. The zero-order valence-corrected chi connectivity index (χ0v) is 13.1. The first-order valence-corrected chi connectivity index (χ1v) is 8.48. The predicted molar refractivity (Wildman–Crippen MR) is 87.4 cm³/mol. The highest BCUT2D eigenvalue weighted by atomic mass is 32.2. The van der Waals surface area contributed by atoms with E-state index in [1.807, 2.05) is 6.07 Å². The number of fused-ring (bicyclic) bond motifs is 1. The number of benzene rings is 1. The van der Waals surface area contributed by atoms with Gasteiger partial charge in [-0.05, 0) is 43.9 Å². The number of aromatic nitrogens is 2. The third kappa shape index (κ3) is 3.40. The standard InChI is InChI=1S/C16H21N3OS/c1-11-8-9-12-14(10-11)18-16(17-12)21-15-7-5-3-2-4-6-13(15)19-20/h8-10,15,20H,2-7H2,1H3,(H,17,18)/b19-13-. The van der Waals surface area contributed by atoms with Gasteiger partial charge in [0.05, 0.1) is 22.0 Å². The van der Waals surface area contributed by atoms with Gasteiger partial charge in [-0.15, -0.1) is 0 Å². The van der Waals surface area contributed by atoms with Crippen LogP contribution in [0.3, 0.4) is 0 Å². The molecule has 112 valence electrons. The number of oxime groups is 1. The molecule has 3 rings (SSSR count). The molecule has 1 heterocycles. The molecule has 1 aromatic heterocycles. The predicted octanol–water partition coefficient (Wildman–Crippen LogP) is 4.52. The Labute approximate surface area is 129 Å². The molecule has 1 atom stereocenters. The fourth-order valence-corrected chi connectivity index (χ4v) is 4.02. The van der Waals surface area contributed by atoms with Gasteiger partial charge in [0.25, 0.3) is 0 Å². The molecule has 1 aliphatic carbocycles. The molecule has 1 unspecified atom stereocenters. The van der Waals surface area contributed by atoms with Crippen LogP contribution in [-0.2, 0) is 0 Å². The minimum atomic E-state index is 0.233. The van der Waals surface area contributed by atoms with Gasteiger partial charge in [0.2, 0.25) is 0 Å². The van der Waals surface area contributed by atoms with Crippen LogP contribution in [0.2, 0.25) is 0 Å². The molecule has 5 heteroatoms. The van der Waals surface area contributed by atoms with Crippen molar-refractivity contribution in [1.82, 2.24) is 9.97 Å². The Hall–Kier alpha value is -1.49. The zero-order valence-electron chi connectivity index (χ0n) is 12.3. The Bertz CT molecular complexity index is 650. The SMILES string of the molecule is Cc1ccc2nc(SC3CCCCCC/C3=N/O)[nH]c2c1. The van der Waals surface area contributed by atoms with Crippen molar-refractivity contribution < 1.29 is 5.21 Å². The summed E-state index contributed by atoms with van der Waals surface area (Å²) in [6, 6.07) is 6.24. The van der Waals surface area contributed by atoms with Crippen LogP contribution in [0.4, 0.5) is 0 Å². The highest BCUT2D eigenvalue weighted by Crippen LogP contribution is 2.30. The Kier molecular flexibility index (Phi) is 4.48. The molecule has 0 amide bonds. The number of nitrogens with one attached hydrogen (secondary N) is 1. The van der Waals surface area contributed by atoms with Gasteiger partial charge in [-0.3, -0.25) is 0 Å². The van der Waals surface area contributed by atoms with Gasteiger partial charge in [0.1, 0.15) is 0 Å². The first-order valence-electron chi connectivity index (χ1n) is 7.60. The molecule has 2 N–H and O–H groups in total. The molecular weight excluding hydrogens is 282 g/mol. The summed E-state index contributed by atoms with van der Waals surface area (Å²) in [7, 11) is 0. The molecule has 0 spiro atoms. The molecule has 1 aromatic carbocycles. The van der Waals surface area contributed by atoms with E-state index in [-0.39, 0.29) is 5.25 Å². The van der Waals surface area contributed by atoms with Crippen molar-refractivity contribution in [3.63, 3.8) is 0 Å². The molecule has 1 aliphatic rings. The Morgan fingerprint density at radius 2 is 2.14 bits per heavy atom. The number of H-pyrrole nitrogens is 1. The maximum atomic E-state index is 9.28. The fraction of sp³-hybridized carbons (Fsp3) is 0.500. The molecular formula is C16H21N3OS. The van der Waals surface area contributed by atoms with E-state index in [0.717, 1.165) is 41.2 Å². The summed E-state index contributed by atoms with van der Waals surface area (Å²) in [5.74, 6) is 0. The van der Waals surface area contributed by atoms with Gasteiger partial charge in [0, 0.05) is 0 Å². The maximum absolute atomic E-state index is 9.28. The van der Waals surface area contributed by atoms with Crippen LogP contribution in [0.15, 0.2) is 28.5 Å². The largest absolute Gasteiger partial charge is 0.411 e. The second-order valence-corrected chi connectivity index (χ2v) is 6.90. The topological polar surface area (TPSA) is 61.3 Å². The summed E-state index contributed by atoms with van der Waals surface area (Å²) in [6.45, 7) is 2.08.